The van der Waals surface area contributed by atoms with Gasteiger partial charge in [0.1, 0.15) is 0 Å². The average molecular weight is 302 g/mol. The molecule has 23 heavy (non-hydrogen) atoms. The fourth-order valence-corrected chi connectivity index (χ4v) is 2.17. The van der Waals surface area contributed by atoms with Crippen molar-refractivity contribution in [1.82, 2.24) is 4.98 Å². The Morgan fingerprint density at radius 2 is 1.30 bits per heavy atom. The number of hydrogen-bond donors (Lipinski definition) is 1. The summed E-state index contributed by atoms with van der Waals surface area (Å²) in [6.45, 7) is 0. The molecule has 4 nitrogen and oxygen atoms in total. The molecule has 1 heterocycles. The number of benzene rings is 2. The van der Waals surface area contributed by atoms with E-state index in [2.05, 4.69) is 10.3 Å². The third kappa shape index (κ3) is 3.49. The van der Waals surface area contributed by atoms with Gasteiger partial charge in [0, 0.05) is 34.8 Å². The van der Waals surface area contributed by atoms with E-state index in [0.29, 0.717) is 22.4 Å². The molecule has 0 unspecified atom stereocenters. The zero-order valence-electron chi connectivity index (χ0n) is 12.3. The van der Waals surface area contributed by atoms with Crippen molar-refractivity contribution in [2.75, 3.05) is 5.32 Å². The number of pyridine rings is 1. The van der Waals surface area contributed by atoms with E-state index >= 15 is 0 Å². The number of rotatable bonds is 4. The Kier molecular flexibility index (Phi) is 4.25. The molecule has 0 bridgehead atoms. The standard InChI is InChI=1S/C19H14N2O2/c22-18(15-10-12-20-13-11-15)14-6-8-17(9-7-14)21-19(23)16-4-2-1-3-5-16/h1-13H,(H,21,23). The van der Waals surface area contributed by atoms with Gasteiger partial charge in [-0.15, -0.1) is 0 Å². The molecule has 4 heteroatoms. The van der Waals surface area contributed by atoms with Crippen molar-refractivity contribution < 1.29 is 9.59 Å². The first kappa shape index (κ1) is 14.7. The maximum Gasteiger partial charge on any atom is 0.255 e. The Hall–Kier alpha value is -3.27. The van der Waals surface area contributed by atoms with Gasteiger partial charge in [0.15, 0.2) is 5.78 Å². The minimum atomic E-state index is -0.182. The molecule has 112 valence electrons. The Labute approximate surface area is 133 Å². The number of anilines is 1. The van der Waals surface area contributed by atoms with Gasteiger partial charge in [-0.3, -0.25) is 14.6 Å². The molecular weight excluding hydrogens is 288 g/mol. The summed E-state index contributed by atoms with van der Waals surface area (Å²) in [5.41, 5.74) is 2.38. The maximum absolute atomic E-state index is 12.3. The van der Waals surface area contributed by atoms with E-state index in [1.807, 2.05) is 18.2 Å². The maximum atomic E-state index is 12.3. The Morgan fingerprint density at radius 1 is 0.696 bits per heavy atom. The first-order valence-electron chi connectivity index (χ1n) is 7.15. The number of amides is 1. The molecule has 0 saturated heterocycles. The van der Waals surface area contributed by atoms with Crippen LogP contribution in [0.25, 0.3) is 0 Å². The lowest BCUT2D eigenvalue weighted by molar-refractivity contribution is 0.102. The monoisotopic (exact) mass is 302 g/mol. The Bertz CT molecular complexity index is 813. The van der Waals surface area contributed by atoms with E-state index in [1.165, 1.54) is 0 Å². The number of nitrogens with zero attached hydrogens (tertiary/aromatic N) is 1. The Balaban J connectivity index is 1.73. The molecule has 0 aliphatic carbocycles. The van der Waals surface area contributed by atoms with E-state index < -0.39 is 0 Å². The van der Waals surface area contributed by atoms with Gasteiger partial charge in [-0.05, 0) is 48.5 Å². The summed E-state index contributed by atoms with van der Waals surface area (Å²) >= 11 is 0. The predicted octanol–water partition coefficient (Wildman–Crippen LogP) is 3.56. The quantitative estimate of drug-likeness (QED) is 0.750. The van der Waals surface area contributed by atoms with Crippen molar-refractivity contribution in [3.05, 3.63) is 95.8 Å². The lowest BCUT2D eigenvalue weighted by Crippen LogP contribution is -2.11. The minimum absolute atomic E-state index is 0.0756. The summed E-state index contributed by atoms with van der Waals surface area (Å²) < 4.78 is 0. The van der Waals surface area contributed by atoms with Crippen molar-refractivity contribution >= 4 is 17.4 Å². The second-order valence-corrected chi connectivity index (χ2v) is 4.96. The highest BCUT2D eigenvalue weighted by Gasteiger charge is 2.09. The van der Waals surface area contributed by atoms with Crippen molar-refractivity contribution in [3.8, 4) is 0 Å². The smallest absolute Gasteiger partial charge is 0.255 e. The van der Waals surface area contributed by atoms with Gasteiger partial charge in [-0.1, -0.05) is 18.2 Å². The summed E-state index contributed by atoms with van der Waals surface area (Å²) in [5, 5.41) is 2.80. The fourth-order valence-electron chi connectivity index (χ4n) is 2.17. The number of carbonyl (C=O) groups is 2. The van der Waals surface area contributed by atoms with Crippen LogP contribution in [0.15, 0.2) is 79.1 Å². The van der Waals surface area contributed by atoms with Gasteiger partial charge in [0.2, 0.25) is 0 Å². The van der Waals surface area contributed by atoms with Gasteiger partial charge in [-0.25, -0.2) is 0 Å². The van der Waals surface area contributed by atoms with Crippen LogP contribution in [0.5, 0.6) is 0 Å². The number of nitrogens with one attached hydrogen (secondary N) is 1. The summed E-state index contributed by atoms with van der Waals surface area (Å²) in [6.07, 6.45) is 3.17. The molecule has 1 amide bonds. The van der Waals surface area contributed by atoms with Crippen molar-refractivity contribution in [3.63, 3.8) is 0 Å². The van der Waals surface area contributed by atoms with E-state index in [9.17, 15) is 9.59 Å². The first-order chi connectivity index (χ1) is 11.2. The Morgan fingerprint density at radius 3 is 1.96 bits per heavy atom. The SMILES string of the molecule is O=C(Nc1ccc(C(=O)c2ccncc2)cc1)c1ccccc1. The number of aromatic nitrogens is 1. The lowest BCUT2D eigenvalue weighted by atomic mass is 10.0. The number of hydrogen-bond acceptors (Lipinski definition) is 3. The van der Waals surface area contributed by atoms with E-state index in [4.69, 9.17) is 0 Å². The predicted molar refractivity (Wildman–Crippen MR) is 88.5 cm³/mol. The molecule has 2 aromatic carbocycles. The molecule has 0 aliphatic rings. The van der Waals surface area contributed by atoms with Crippen LogP contribution >= 0.6 is 0 Å². The highest BCUT2D eigenvalue weighted by molar-refractivity contribution is 6.09. The largest absolute Gasteiger partial charge is 0.322 e. The molecule has 1 aromatic heterocycles. The van der Waals surface area contributed by atoms with Gasteiger partial charge in [0.05, 0.1) is 0 Å². The van der Waals surface area contributed by atoms with Gasteiger partial charge < -0.3 is 5.32 Å². The molecular formula is C19H14N2O2. The molecule has 0 saturated carbocycles. The van der Waals surface area contributed by atoms with Crippen molar-refractivity contribution in [2.45, 2.75) is 0 Å². The highest BCUT2D eigenvalue weighted by atomic mass is 16.1. The van der Waals surface area contributed by atoms with Crippen LogP contribution in [-0.4, -0.2) is 16.7 Å². The molecule has 0 aliphatic heterocycles. The van der Waals surface area contributed by atoms with E-state index in [0.717, 1.165) is 0 Å². The summed E-state index contributed by atoms with van der Waals surface area (Å²) in [4.78, 5) is 28.3. The third-order valence-electron chi connectivity index (χ3n) is 3.38. The molecule has 1 N–H and O–H groups in total. The molecule has 0 fully saturated rings. The van der Waals surface area contributed by atoms with Crippen LogP contribution in [0.1, 0.15) is 26.3 Å². The van der Waals surface area contributed by atoms with Gasteiger partial charge in [0.25, 0.3) is 5.91 Å². The third-order valence-corrected chi connectivity index (χ3v) is 3.38. The van der Waals surface area contributed by atoms with Crippen LogP contribution in [-0.2, 0) is 0 Å². The van der Waals surface area contributed by atoms with Gasteiger partial charge >= 0.3 is 0 Å². The van der Waals surface area contributed by atoms with Crippen molar-refractivity contribution in [2.24, 2.45) is 0 Å². The molecule has 0 atom stereocenters. The molecule has 3 aromatic rings. The first-order valence-corrected chi connectivity index (χ1v) is 7.15. The normalized spacial score (nSPS) is 10.1. The highest BCUT2D eigenvalue weighted by Crippen LogP contribution is 2.14. The number of carbonyl (C=O) groups excluding carboxylic acids is 2. The van der Waals surface area contributed by atoms with Crippen molar-refractivity contribution in [1.29, 1.82) is 0 Å². The van der Waals surface area contributed by atoms with Crippen LogP contribution < -0.4 is 5.32 Å². The fraction of sp³-hybridized carbons (Fsp3) is 0. The summed E-state index contributed by atoms with van der Waals surface area (Å²) in [5.74, 6) is -0.257. The second-order valence-electron chi connectivity index (χ2n) is 4.96. The average Bonchev–Trinajstić information content (AvgIpc) is 2.63. The molecule has 0 radical (unpaired) electrons. The van der Waals surface area contributed by atoms with E-state index in [-0.39, 0.29) is 11.7 Å². The second kappa shape index (κ2) is 6.66. The molecule has 3 rings (SSSR count). The zero-order chi connectivity index (χ0) is 16.1. The molecule has 0 spiro atoms. The van der Waals surface area contributed by atoms with E-state index in [1.54, 1.807) is 60.9 Å². The van der Waals surface area contributed by atoms with Crippen LogP contribution in [0.3, 0.4) is 0 Å². The number of ketones is 1. The summed E-state index contributed by atoms with van der Waals surface area (Å²) in [7, 11) is 0. The van der Waals surface area contributed by atoms with Crippen LogP contribution in [0.2, 0.25) is 0 Å². The summed E-state index contributed by atoms with van der Waals surface area (Å²) in [6, 6.07) is 19.2. The lowest BCUT2D eigenvalue weighted by Gasteiger charge is -2.06. The topological polar surface area (TPSA) is 59.1 Å². The van der Waals surface area contributed by atoms with Crippen LogP contribution in [0, 0.1) is 0 Å². The van der Waals surface area contributed by atoms with Crippen LogP contribution in [0.4, 0.5) is 5.69 Å². The zero-order valence-corrected chi connectivity index (χ0v) is 12.3. The van der Waals surface area contributed by atoms with Gasteiger partial charge in [-0.2, -0.15) is 0 Å². The minimum Gasteiger partial charge on any atom is -0.322 e.